The number of nitrogens with zero attached hydrogens (tertiary/aromatic N) is 1. The second-order valence-electron chi connectivity index (χ2n) is 2.45. The van der Waals surface area contributed by atoms with E-state index in [0.29, 0.717) is 11.6 Å². The molecule has 70 valence electrons. The van der Waals surface area contributed by atoms with Crippen LogP contribution in [0.25, 0.3) is 0 Å². The Kier molecular flexibility index (Phi) is 3.58. The number of nitrogens with one attached hydrogen (secondary N) is 1. The molecule has 0 saturated heterocycles. The molecular weight excluding hydrogens is 188 g/mol. The van der Waals surface area contributed by atoms with Crippen LogP contribution < -0.4 is 10.1 Å². The predicted octanol–water partition coefficient (Wildman–Crippen LogP) is 2.25. The van der Waals surface area contributed by atoms with Crippen LogP contribution in [-0.4, -0.2) is 18.6 Å². The lowest BCUT2D eigenvalue weighted by molar-refractivity contribution is 0.413. The summed E-state index contributed by atoms with van der Waals surface area (Å²) in [5.41, 5.74) is 0. The monoisotopic (exact) mass is 198 g/mol. The normalized spacial score (nSPS) is 9.38. The van der Waals surface area contributed by atoms with Gasteiger partial charge in [0.25, 0.3) is 0 Å². The van der Waals surface area contributed by atoms with Gasteiger partial charge in [-0.05, 0) is 12.1 Å². The zero-order chi connectivity index (χ0) is 9.68. The maximum Gasteiger partial charge on any atom is 0.137 e. The Hall–Kier alpha value is -1.22. The van der Waals surface area contributed by atoms with Crippen molar-refractivity contribution in [3.8, 4) is 5.75 Å². The highest BCUT2D eigenvalue weighted by Crippen LogP contribution is 2.11. The summed E-state index contributed by atoms with van der Waals surface area (Å²) in [6.45, 7) is 4.07. The minimum Gasteiger partial charge on any atom is -0.495 e. The van der Waals surface area contributed by atoms with Gasteiger partial charge in [0.05, 0.1) is 19.9 Å². The zero-order valence-electron chi connectivity index (χ0n) is 7.38. The van der Waals surface area contributed by atoms with Gasteiger partial charge in [0.1, 0.15) is 11.6 Å². The zero-order valence-corrected chi connectivity index (χ0v) is 8.14. The highest BCUT2D eigenvalue weighted by atomic mass is 35.5. The van der Waals surface area contributed by atoms with Crippen molar-refractivity contribution < 1.29 is 4.74 Å². The molecule has 0 aliphatic heterocycles. The van der Waals surface area contributed by atoms with E-state index in [1.54, 1.807) is 13.3 Å². The van der Waals surface area contributed by atoms with Crippen molar-refractivity contribution in [3.05, 3.63) is 29.9 Å². The first-order chi connectivity index (χ1) is 6.22. The lowest BCUT2D eigenvalue weighted by Gasteiger charge is -2.04. The first kappa shape index (κ1) is 9.86. The molecule has 0 aromatic carbocycles. The number of methoxy groups -OCH3 is 1. The Balaban J connectivity index is 2.54. The van der Waals surface area contributed by atoms with Gasteiger partial charge in [-0.2, -0.15) is 0 Å². The van der Waals surface area contributed by atoms with Crippen LogP contribution in [0.5, 0.6) is 5.75 Å². The first-order valence-electron chi connectivity index (χ1n) is 3.79. The van der Waals surface area contributed by atoms with E-state index < -0.39 is 0 Å². The van der Waals surface area contributed by atoms with Gasteiger partial charge >= 0.3 is 0 Å². The van der Waals surface area contributed by atoms with Crippen molar-refractivity contribution in [3.63, 3.8) is 0 Å². The number of halogens is 1. The third kappa shape index (κ3) is 3.34. The third-order valence-corrected chi connectivity index (χ3v) is 1.57. The van der Waals surface area contributed by atoms with Crippen LogP contribution in [0.1, 0.15) is 0 Å². The summed E-state index contributed by atoms with van der Waals surface area (Å²) in [5, 5.41) is 3.55. The second-order valence-corrected chi connectivity index (χ2v) is 2.99. The van der Waals surface area contributed by atoms with Crippen molar-refractivity contribution in [2.24, 2.45) is 0 Å². The molecule has 0 aliphatic carbocycles. The quantitative estimate of drug-likeness (QED) is 0.806. The molecule has 0 aliphatic rings. The largest absolute Gasteiger partial charge is 0.495 e. The number of ether oxygens (including phenoxy) is 1. The first-order valence-corrected chi connectivity index (χ1v) is 4.17. The number of anilines is 1. The summed E-state index contributed by atoms with van der Waals surface area (Å²) in [5.74, 6) is 1.48. The van der Waals surface area contributed by atoms with Crippen LogP contribution in [0, 0.1) is 0 Å². The molecule has 3 nitrogen and oxygen atoms in total. The maximum atomic E-state index is 5.58. The van der Waals surface area contributed by atoms with Crippen LogP contribution in [0.15, 0.2) is 29.9 Å². The molecule has 0 spiro atoms. The average molecular weight is 199 g/mol. The average Bonchev–Trinajstić information content (AvgIpc) is 2.15. The third-order valence-electron chi connectivity index (χ3n) is 1.43. The van der Waals surface area contributed by atoms with Crippen molar-refractivity contribution in [2.75, 3.05) is 19.0 Å². The van der Waals surface area contributed by atoms with Gasteiger partial charge < -0.3 is 10.1 Å². The van der Waals surface area contributed by atoms with Gasteiger partial charge in [-0.1, -0.05) is 18.2 Å². The fraction of sp³-hybridized carbons (Fsp3) is 0.222. The van der Waals surface area contributed by atoms with Crippen LogP contribution in [-0.2, 0) is 0 Å². The Labute approximate surface area is 82.4 Å². The van der Waals surface area contributed by atoms with E-state index >= 15 is 0 Å². The Morgan fingerprint density at radius 1 is 1.69 bits per heavy atom. The molecule has 0 fully saturated rings. The van der Waals surface area contributed by atoms with Crippen LogP contribution in [0.2, 0.25) is 0 Å². The molecule has 0 saturated carbocycles. The fourth-order valence-corrected chi connectivity index (χ4v) is 0.859. The van der Waals surface area contributed by atoms with Gasteiger partial charge in [-0.15, -0.1) is 0 Å². The molecule has 0 atom stereocenters. The van der Waals surface area contributed by atoms with Crippen LogP contribution in [0.4, 0.5) is 5.82 Å². The molecule has 1 N–H and O–H groups in total. The summed E-state index contributed by atoms with van der Waals surface area (Å²) in [4.78, 5) is 4.09. The number of pyridine rings is 1. The van der Waals surface area contributed by atoms with E-state index in [2.05, 4.69) is 16.9 Å². The smallest absolute Gasteiger partial charge is 0.137 e. The minimum atomic E-state index is 0.515. The molecule has 0 unspecified atom stereocenters. The predicted molar refractivity (Wildman–Crippen MR) is 54.3 cm³/mol. The van der Waals surface area contributed by atoms with Crippen LogP contribution in [0.3, 0.4) is 0 Å². The number of aromatic nitrogens is 1. The summed E-state index contributed by atoms with van der Waals surface area (Å²) in [6, 6.07) is 3.64. The van der Waals surface area contributed by atoms with E-state index in [1.165, 1.54) is 0 Å². The fourth-order valence-electron chi connectivity index (χ4n) is 0.792. The molecule has 1 rings (SSSR count). The molecule has 1 heterocycles. The Morgan fingerprint density at radius 3 is 2.92 bits per heavy atom. The SMILES string of the molecule is C=C(Cl)CNc1ccc(OC)cn1. The molecule has 0 amide bonds. The number of hydrogen-bond donors (Lipinski definition) is 1. The molecule has 0 bridgehead atoms. The summed E-state index contributed by atoms with van der Waals surface area (Å²) < 4.78 is 4.96. The number of hydrogen-bond acceptors (Lipinski definition) is 3. The van der Waals surface area contributed by atoms with Crippen LogP contribution >= 0.6 is 11.6 Å². The minimum absolute atomic E-state index is 0.515. The van der Waals surface area contributed by atoms with Gasteiger partial charge in [0.2, 0.25) is 0 Å². The standard InChI is InChI=1S/C9H11ClN2O/c1-7(10)5-11-9-4-3-8(13-2)6-12-9/h3-4,6H,1,5H2,2H3,(H,11,12). The van der Waals surface area contributed by atoms with E-state index in [4.69, 9.17) is 16.3 Å². The van der Waals surface area contributed by atoms with E-state index in [9.17, 15) is 0 Å². The van der Waals surface area contributed by atoms with Crippen molar-refractivity contribution in [1.29, 1.82) is 0 Å². The lowest BCUT2D eigenvalue weighted by atomic mass is 10.4. The van der Waals surface area contributed by atoms with E-state index in [-0.39, 0.29) is 0 Å². The molecule has 13 heavy (non-hydrogen) atoms. The highest BCUT2D eigenvalue weighted by Gasteiger charge is 1.94. The van der Waals surface area contributed by atoms with Gasteiger partial charge in [0, 0.05) is 5.03 Å². The molecule has 1 aromatic heterocycles. The van der Waals surface area contributed by atoms with Gasteiger partial charge in [-0.3, -0.25) is 0 Å². The maximum absolute atomic E-state index is 5.58. The summed E-state index contributed by atoms with van der Waals surface area (Å²) in [7, 11) is 1.60. The number of rotatable bonds is 4. The van der Waals surface area contributed by atoms with Crippen molar-refractivity contribution in [2.45, 2.75) is 0 Å². The van der Waals surface area contributed by atoms with Gasteiger partial charge in [-0.25, -0.2) is 4.98 Å². The Morgan fingerprint density at radius 2 is 2.46 bits per heavy atom. The second kappa shape index (κ2) is 4.72. The van der Waals surface area contributed by atoms with Crippen molar-refractivity contribution >= 4 is 17.4 Å². The molecular formula is C9H11ClN2O. The highest BCUT2D eigenvalue weighted by molar-refractivity contribution is 6.29. The molecule has 1 aromatic rings. The molecule has 4 heteroatoms. The van der Waals surface area contributed by atoms with E-state index in [0.717, 1.165) is 11.6 Å². The lowest BCUT2D eigenvalue weighted by Crippen LogP contribution is -2.02. The topological polar surface area (TPSA) is 34.1 Å². The van der Waals surface area contributed by atoms with Gasteiger partial charge in [0.15, 0.2) is 0 Å². The van der Waals surface area contributed by atoms with Crippen molar-refractivity contribution in [1.82, 2.24) is 4.98 Å². The Bertz CT molecular complexity index is 284. The summed E-state index contributed by atoms with van der Waals surface area (Å²) >= 11 is 5.58. The summed E-state index contributed by atoms with van der Waals surface area (Å²) in [6.07, 6.45) is 1.64. The molecule has 0 radical (unpaired) electrons. The van der Waals surface area contributed by atoms with E-state index in [1.807, 2.05) is 12.1 Å².